The molecule has 3 rings (SSSR count). The molecule has 0 bridgehead atoms. The Balaban J connectivity index is 1.75. The molecule has 0 fully saturated rings. The van der Waals surface area contributed by atoms with Gasteiger partial charge in [-0.05, 0) is 24.1 Å². The molecule has 1 atom stereocenters. The molecular formula is C18H13F5N6S. The lowest BCUT2D eigenvalue weighted by Gasteiger charge is -2.17. The van der Waals surface area contributed by atoms with Crippen molar-refractivity contribution in [1.29, 1.82) is 5.26 Å². The summed E-state index contributed by atoms with van der Waals surface area (Å²) in [6.45, 7) is 0.464. The fourth-order valence-corrected chi connectivity index (χ4v) is 3.33. The SMILES string of the molecule is N#CC(c1ccnc(NCCc2cccnc2)n1)c1nc(C(F)(F)C(F)(F)F)cs1. The minimum atomic E-state index is -5.78. The van der Waals surface area contributed by atoms with Crippen molar-refractivity contribution in [1.82, 2.24) is 19.9 Å². The molecule has 0 saturated heterocycles. The van der Waals surface area contributed by atoms with E-state index < -0.39 is 23.7 Å². The molecule has 0 aliphatic carbocycles. The van der Waals surface area contributed by atoms with Crippen LogP contribution in [-0.4, -0.2) is 32.7 Å². The van der Waals surface area contributed by atoms with E-state index in [1.165, 1.54) is 12.3 Å². The van der Waals surface area contributed by atoms with Gasteiger partial charge in [0.2, 0.25) is 5.95 Å². The summed E-state index contributed by atoms with van der Waals surface area (Å²) >= 11 is 0.540. The van der Waals surface area contributed by atoms with E-state index in [0.717, 1.165) is 5.56 Å². The molecule has 12 heteroatoms. The summed E-state index contributed by atoms with van der Waals surface area (Å²) < 4.78 is 64.6. The Labute approximate surface area is 171 Å². The van der Waals surface area contributed by atoms with Gasteiger partial charge in [0, 0.05) is 30.5 Å². The second-order valence-electron chi connectivity index (χ2n) is 6.05. The number of aromatic nitrogens is 4. The van der Waals surface area contributed by atoms with Crippen molar-refractivity contribution in [3.05, 3.63) is 64.1 Å². The molecule has 0 radical (unpaired) electrons. The summed E-state index contributed by atoms with van der Waals surface area (Å²) in [5.41, 5.74) is -0.330. The van der Waals surface area contributed by atoms with E-state index in [-0.39, 0.29) is 16.6 Å². The van der Waals surface area contributed by atoms with E-state index in [0.29, 0.717) is 29.7 Å². The minimum Gasteiger partial charge on any atom is -0.354 e. The lowest BCUT2D eigenvalue weighted by Crippen LogP contribution is -2.34. The number of anilines is 1. The zero-order valence-electron chi connectivity index (χ0n) is 15.1. The van der Waals surface area contributed by atoms with Crippen LogP contribution >= 0.6 is 11.3 Å². The maximum absolute atomic E-state index is 13.5. The predicted octanol–water partition coefficient (Wildman–Crippen LogP) is 4.29. The molecule has 30 heavy (non-hydrogen) atoms. The monoisotopic (exact) mass is 440 g/mol. The zero-order valence-corrected chi connectivity index (χ0v) is 15.9. The van der Waals surface area contributed by atoms with E-state index in [9.17, 15) is 27.2 Å². The van der Waals surface area contributed by atoms with Gasteiger partial charge in [0.15, 0.2) is 0 Å². The summed E-state index contributed by atoms with van der Waals surface area (Å²) in [4.78, 5) is 15.6. The molecule has 3 heterocycles. The van der Waals surface area contributed by atoms with Gasteiger partial charge in [-0.25, -0.2) is 15.0 Å². The number of pyridine rings is 1. The Morgan fingerprint density at radius 1 is 1.13 bits per heavy atom. The molecule has 0 aliphatic rings. The van der Waals surface area contributed by atoms with E-state index in [2.05, 4.69) is 25.3 Å². The number of halogens is 5. The minimum absolute atomic E-state index is 0.132. The van der Waals surface area contributed by atoms with Gasteiger partial charge in [-0.15, -0.1) is 11.3 Å². The summed E-state index contributed by atoms with van der Waals surface area (Å²) in [5.74, 6) is -6.13. The molecule has 0 saturated carbocycles. The Morgan fingerprint density at radius 3 is 2.60 bits per heavy atom. The molecule has 0 spiro atoms. The Morgan fingerprint density at radius 2 is 1.93 bits per heavy atom. The van der Waals surface area contributed by atoms with Crippen LogP contribution in [0.25, 0.3) is 0 Å². The Kier molecular flexibility index (Phi) is 6.21. The van der Waals surface area contributed by atoms with Gasteiger partial charge in [-0.2, -0.15) is 27.2 Å². The highest BCUT2D eigenvalue weighted by atomic mass is 32.1. The van der Waals surface area contributed by atoms with Crippen molar-refractivity contribution in [2.45, 2.75) is 24.4 Å². The third kappa shape index (κ3) is 4.68. The number of alkyl halides is 5. The highest BCUT2D eigenvalue weighted by Gasteiger charge is 2.60. The van der Waals surface area contributed by atoms with Gasteiger partial charge in [-0.1, -0.05) is 6.07 Å². The first-order valence-corrected chi connectivity index (χ1v) is 9.36. The number of rotatable bonds is 7. The molecule has 0 amide bonds. The van der Waals surface area contributed by atoms with Crippen molar-refractivity contribution < 1.29 is 22.0 Å². The smallest absolute Gasteiger partial charge is 0.354 e. The molecule has 6 nitrogen and oxygen atoms in total. The van der Waals surface area contributed by atoms with Crippen LogP contribution in [0.3, 0.4) is 0 Å². The van der Waals surface area contributed by atoms with Gasteiger partial charge >= 0.3 is 12.1 Å². The number of hydrogen-bond donors (Lipinski definition) is 1. The van der Waals surface area contributed by atoms with Crippen LogP contribution in [-0.2, 0) is 12.3 Å². The van der Waals surface area contributed by atoms with Crippen LogP contribution < -0.4 is 5.32 Å². The largest absolute Gasteiger partial charge is 0.459 e. The first kappa shape index (κ1) is 21.5. The van der Waals surface area contributed by atoms with Crippen LogP contribution in [0.2, 0.25) is 0 Å². The van der Waals surface area contributed by atoms with Crippen LogP contribution in [0.15, 0.2) is 42.2 Å². The van der Waals surface area contributed by atoms with Gasteiger partial charge < -0.3 is 5.32 Å². The summed E-state index contributed by atoms with van der Waals surface area (Å²) in [6.07, 6.45) is -0.425. The van der Waals surface area contributed by atoms with Crippen molar-refractivity contribution in [3.8, 4) is 6.07 Å². The van der Waals surface area contributed by atoms with E-state index >= 15 is 0 Å². The number of hydrogen-bond acceptors (Lipinski definition) is 7. The highest BCUT2D eigenvalue weighted by molar-refractivity contribution is 7.09. The average molecular weight is 440 g/mol. The molecule has 1 unspecified atom stereocenters. The molecule has 0 aliphatic heterocycles. The Hall–Kier alpha value is -3.20. The maximum Gasteiger partial charge on any atom is 0.459 e. The normalized spacial score (nSPS) is 12.9. The van der Waals surface area contributed by atoms with E-state index in [1.54, 1.807) is 18.5 Å². The predicted molar refractivity (Wildman–Crippen MR) is 98.0 cm³/mol. The third-order valence-corrected chi connectivity index (χ3v) is 4.88. The molecule has 1 N–H and O–H groups in total. The fourth-order valence-electron chi connectivity index (χ4n) is 2.44. The van der Waals surface area contributed by atoms with Crippen LogP contribution in [0.1, 0.15) is 27.9 Å². The van der Waals surface area contributed by atoms with Gasteiger partial charge in [-0.3, -0.25) is 4.98 Å². The second-order valence-corrected chi connectivity index (χ2v) is 6.94. The van der Waals surface area contributed by atoms with Crippen molar-refractivity contribution >= 4 is 17.3 Å². The first-order chi connectivity index (χ1) is 14.2. The second kappa shape index (κ2) is 8.66. The topological polar surface area (TPSA) is 87.4 Å². The maximum atomic E-state index is 13.5. The molecule has 0 aromatic carbocycles. The molecule has 3 aromatic heterocycles. The Bertz CT molecular complexity index is 1030. The van der Waals surface area contributed by atoms with Gasteiger partial charge in [0.1, 0.15) is 16.6 Å². The van der Waals surface area contributed by atoms with E-state index in [1.807, 2.05) is 12.1 Å². The third-order valence-electron chi connectivity index (χ3n) is 3.97. The van der Waals surface area contributed by atoms with Crippen LogP contribution in [0, 0.1) is 11.3 Å². The van der Waals surface area contributed by atoms with Crippen LogP contribution in [0.4, 0.5) is 27.9 Å². The lowest BCUT2D eigenvalue weighted by atomic mass is 10.1. The van der Waals surface area contributed by atoms with Gasteiger partial charge in [0.25, 0.3) is 0 Å². The molecular weight excluding hydrogens is 427 g/mol. The first-order valence-electron chi connectivity index (χ1n) is 8.48. The summed E-state index contributed by atoms with van der Waals surface area (Å²) in [7, 11) is 0. The van der Waals surface area contributed by atoms with E-state index in [4.69, 9.17) is 0 Å². The number of nitriles is 1. The molecule has 156 valence electrons. The average Bonchev–Trinajstić information content (AvgIpc) is 3.19. The van der Waals surface area contributed by atoms with Crippen molar-refractivity contribution in [2.24, 2.45) is 0 Å². The van der Waals surface area contributed by atoms with Crippen LogP contribution in [0.5, 0.6) is 0 Å². The quantitative estimate of drug-likeness (QED) is 0.552. The van der Waals surface area contributed by atoms with Crippen molar-refractivity contribution in [3.63, 3.8) is 0 Å². The fraction of sp³-hybridized carbons (Fsp3) is 0.278. The number of thiazole rings is 1. The summed E-state index contributed by atoms with van der Waals surface area (Å²) in [6, 6.07) is 6.92. The number of nitrogens with one attached hydrogen (secondary N) is 1. The van der Waals surface area contributed by atoms with Crippen molar-refractivity contribution in [2.75, 3.05) is 11.9 Å². The van der Waals surface area contributed by atoms with Gasteiger partial charge in [0.05, 0.1) is 11.8 Å². The number of nitrogens with zero attached hydrogens (tertiary/aromatic N) is 5. The lowest BCUT2D eigenvalue weighted by molar-refractivity contribution is -0.290. The standard InChI is InChI=1S/C18H13F5N6S/c19-17(20,18(21,22)23)14-10-30-15(29-14)12(8-24)13-4-7-27-16(28-13)26-6-3-11-2-1-5-25-9-11/h1-2,4-5,7,9-10,12H,3,6H2,(H,26,27,28). The highest BCUT2D eigenvalue weighted by Crippen LogP contribution is 2.44. The zero-order chi connectivity index (χ0) is 21.8. The molecule has 3 aromatic rings. The summed E-state index contributed by atoms with van der Waals surface area (Å²) in [5, 5.41) is 12.8.